The second-order valence-corrected chi connectivity index (χ2v) is 18.9. The Bertz CT molecular complexity index is 4020. The molecule has 0 saturated carbocycles. The summed E-state index contributed by atoms with van der Waals surface area (Å²) in [4.78, 5) is 4.75. The number of hydrogen-bond donors (Lipinski definition) is 0. The van der Waals surface area contributed by atoms with Gasteiger partial charge in [0, 0.05) is 33.8 Å². The largest absolute Gasteiger partial charge is 0.311 e. The van der Waals surface area contributed by atoms with Gasteiger partial charge in [0.05, 0.1) is 5.69 Å². The molecule has 0 unspecified atom stereocenters. The monoisotopic (exact) mass is 942 g/mol. The first-order valence-electron chi connectivity index (χ1n) is 25.4. The first-order chi connectivity index (χ1) is 36.7. The van der Waals surface area contributed by atoms with Crippen LogP contribution in [-0.4, -0.2) is 0 Å². The Labute approximate surface area is 433 Å². The zero-order chi connectivity index (χ0) is 49.2. The minimum atomic E-state index is 1.08. The number of benzene rings is 13. The second kappa shape index (κ2) is 19.4. The molecule has 0 aliphatic carbocycles. The molecule has 0 fully saturated rings. The van der Waals surface area contributed by atoms with Crippen molar-refractivity contribution in [2.24, 2.45) is 0 Å². The first-order valence-corrected chi connectivity index (χ1v) is 25.4. The maximum absolute atomic E-state index is 2.39. The molecule has 0 spiro atoms. The van der Waals surface area contributed by atoms with Crippen LogP contribution in [0.3, 0.4) is 0 Å². The topological polar surface area (TPSA) is 6.48 Å². The highest BCUT2D eigenvalue weighted by Gasteiger charge is 2.18. The Morgan fingerprint density at radius 3 is 1.08 bits per heavy atom. The lowest BCUT2D eigenvalue weighted by Gasteiger charge is -2.27. The molecule has 348 valence electrons. The molecule has 0 aromatic heterocycles. The van der Waals surface area contributed by atoms with E-state index in [0.717, 1.165) is 50.8 Å². The molecule has 13 rings (SSSR count). The lowest BCUT2D eigenvalue weighted by molar-refractivity contribution is 1.28. The molecular formula is C72H50N2. The van der Waals surface area contributed by atoms with Crippen LogP contribution in [0.25, 0.3) is 88.0 Å². The van der Waals surface area contributed by atoms with Crippen LogP contribution in [0.4, 0.5) is 34.1 Å². The van der Waals surface area contributed by atoms with E-state index in [-0.39, 0.29) is 0 Å². The van der Waals surface area contributed by atoms with E-state index >= 15 is 0 Å². The Morgan fingerprint density at radius 2 is 0.541 bits per heavy atom. The highest BCUT2D eigenvalue weighted by molar-refractivity contribution is 6.01. The van der Waals surface area contributed by atoms with Gasteiger partial charge in [-0.15, -0.1) is 0 Å². The van der Waals surface area contributed by atoms with Crippen LogP contribution in [0, 0.1) is 0 Å². The number of fused-ring (bicyclic) bond motifs is 3. The first kappa shape index (κ1) is 44.2. The van der Waals surface area contributed by atoms with E-state index in [2.05, 4.69) is 313 Å². The van der Waals surface area contributed by atoms with Crippen molar-refractivity contribution in [3.63, 3.8) is 0 Å². The van der Waals surface area contributed by atoms with Crippen LogP contribution in [0.2, 0.25) is 0 Å². The smallest absolute Gasteiger partial charge is 0.0540 e. The van der Waals surface area contributed by atoms with E-state index in [1.165, 1.54) is 71.3 Å². The Hall–Kier alpha value is -9.76. The third kappa shape index (κ3) is 8.65. The lowest BCUT2D eigenvalue weighted by Crippen LogP contribution is -2.10. The van der Waals surface area contributed by atoms with Crippen LogP contribution in [0.15, 0.2) is 303 Å². The molecule has 0 N–H and O–H groups in total. The molecule has 0 bridgehead atoms. The fourth-order valence-electron chi connectivity index (χ4n) is 10.7. The van der Waals surface area contributed by atoms with E-state index in [1.807, 2.05) is 0 Å². The predicted octanol–water partition coefficient (Wildman–Crippen LogP) is 20.4. The van der Waals surface area contributed by atoms with Crippen molar-refractivity contribution in [2.75, 3.05) is 9.80 Å². The van der Waals surface area contributed by atoms with Gasteiger partial charge in [0.2, 0.25) is 0 Å². The van der Waals surface area contributed by atoms with Crippen molar-refractivity contribution in [1.29, 1.82) is 0 Å². The molecule has 0 aliphatic rings. The van der Waals surface area contributed by atoms with Gasteiger partial charge in [0.25, 0.3) is 0 Å². The maximum Gasteiger partial charge on any atom is 0.0540 e. The molecule has 2 heteroatoms. The van der Waals surface area contributed by atoms with Gasteiger partial charge < -0.3 is 9.80 Å². The molecule has 0 saturated heterocycles. The molecular weight excluding hydrogens is 893 g/mol. The van der Waals surface area contributed by atoms with Crippen LogP contribution in [0.1, 0.15) is 0 Å². The highest BCUT2D eigenvalue weighted by atomic mass is 15.1. The molecule has 0 amide bonds. The summed E-state index contributed by atoms with van der Waals surface area (Å²) in [7, 11) is 0. The second-order valence-electron chi connectivity index (χ2n) is 18.9. The van der Waals surface area contributed by atoms with E-state index < -0.39 is 0 Å². The summed E-state index contributed by atoms with van der Waals surface area (Å²) in [5, 5.41) is 7.35. The summed E-state index contributed by atoms with van der Waals surface area (Å²) < 4.78 is 0. The van der Waals surface area contributed by atoms with Crippen molar-refractivity contribution < 1.29 is 0 Å². The number of anilines is 6. The Kier molecular flexibility index (Phi) is 11.6. The molecule has 13 aromatic rings. The molecule has 0 heterocycles. The molecule has 13 aromatic carbocycles. The molecule has 74 heavy (non-hydrogen) atoms. The third-order valence-electron chi connectivity index (χ3n) is 14.4. The van der Waals surface area contributed by atoms with Crippen molar-refractivity contribution in [3.05, 3.63) is 303 Å². The van der Waals surface area contributed by atoms with Crippen LogP contribution in [0.5, 0.6) is 0 Å². The van der Waals surface area contributed by atoms with Gasteiger partial charge in [0.1, 0.15) is 0 Å². The fourth-order valence-corrected chi connectivity index (χ4v) is 10.7. The van der Waals surface area contributed by atoms with Crippen molar-refractivity contribution >= 4 is 66.4 Å². The summed E-state index contributed by atoms with van der Waals surface area (Å²) in [6, 6.07) is 110. The van der Waals surface area contributed by atoms with Crippen LogP contribution < -0.4 is 9.80 Å². The van der Waals surface area contributed by atoms with Crippen molar-refractivity contribution in [1.82, 2.24) is 0 Å². The standard InChI is InChI=1S/C72H50N2/c1-3-15-51(16-4-1)61-47-62(52-17-5-2-6-18-52)49-63(48-61)56-33-40-65(41-34-56)73(66-44-36-59(37-45-66)70-27-13-23-57-20-9-11-25-69(57)70)64-38-29-54(30-39-64)55-31-42-67(43-32-55)74(68-46-35-53-19-7-8-22-60(53)50-68)72-28-14-24-58-21-10-12-26-71(58)72/h1-50H. The summed E-state index contributed by atoms with van der Waals surface area (Å²) >= 11 is 0. The third-order valence-corrected chi connectivity index (χ3v) is 14.4. The van der Waals surface area contributed by atoms with Gasteiger partial charge in [-0.2, -0.15) is 0 Å². The van der Waals surface area contributed by atoms with Crippen LogP contribution in [-0.2, 0) is 0 Å². The Morgan fingerprint density at radius 1 is 0.176 bits per heavy atom. The van der Waals surface area contributed by atoms with Gasteiger partial charge in [-0.25, -0.2) is 0 Å². The lowest BCUT2D eigenvalue weighted by atomic mass is 9.93. The predicted molar refractivity (Wildman–Crippen MR) is 316 cm³/mol. The average molecular weight is 943 g/mol. The summed E-state index contributed by atoms with van der Waals surface area (Å²) in [6.07, 6.45) is 0. The maximum atomic E-state index is 2.39. The average Bonchev–Trinajstić information content (AvgIpc) is 3.48. The summed E-state index contributed by atoms with van der Waals surface area (Å²) in [5.41, 5.74) is 18.4. The van der Waals surface area contributed by atoms with Gasteiger partial charge in [-0.3, -0.25) is 0 Å². The molecule has 2 nitrogen and oxygen atoms in total. The summed E-state index contributed by atoms with van der Waals surface area (Å²) in [6.45, 7) is 0. The van der Waals surface area contributed by atoms with Gasteiger partial charge in [-0.1, -0.05) is 218 Å². The zero-order valence-electron chi connectivity index (χ0n) is 40.8. The van der Waals surface area contributed by atoms with Crippen LogP contribution >= 0.6 is 0 Å². The Balaban J connectivity index is 0.862. The normalized spacial score (nSPS) is 11.2. The minimum absolute atomic E-state index is 1.08. The number of nitrogens with zero attached hydrogens (tertiary/aromatic N) is 2. The van der Waals surface area contributed by atoms with E-state index in [4.69, 9.17) is 0 Å². The van der Waals surface area contributed by atoms with E-state index in [1.54, 1.807) is 0 Å². The van der Waals surface area contributed by atoms with Crippen molar-refractivity contribution in [2.45, 2.75) is 0 Å². The minimum Gasteiger partial charge on any atom is -0.311 e. The SMILES string of the molecule is c1ccc(-c2cc(-c3ccccc3)cc(-c3ccc(N(c4ccc(-c5ccc(N(c6ccc7ccccc7c6)c6cccc7ccccc67)cc5)cc4)c4ccc(-c5cccc6ccccc56)cc4)cc3)c2)cc1. The fraction of sp³-hybridized carbons (Fsp3) is 0. The number of rotatable bonds is 11. The van der Waals surface area contributed by atoms with E-state index in [9.17, 15) is 0 Å². The highest BCUT2D eigenvalue weighted by Crippen LogP contribution is 2.43. The molecule has 0 radical (unpaired) electrons. The summed E-state index contributed by atoms with van der Waals surface area (Å²) in [5.74, 6) is 0. The van der Waals surface area contributed by atoms with Gasteiger partial charge in [-0.05, 0) is 167 Å². The van der Waals surface area contributed by atoms with E-state index in [0.29, 0.717) is 0 Å². The zero-order valence-corrected chi connectivity index (χ0v) is 40.8. The van der Waals surface area contributed by atoms with Gasteiger partial charge >= 0.3 is 0 Å². The molecule has 0 atom stereocenters. The molecule has 0 aliphatic heterocycles. The van der Waals surface area contributed by atoms with Gasteiger partial charge in [0.15, 0.2) is 0 Å². The number of hydrogen-bond acceptors (Lipinski definition) is 2. The van der Waals surface area contributed by atoms with Crippen molar-refractivity contribution in [3.8, 4) is 55.6 Å². The quantitative estimate of drug-likeness (QED) is 0.127.